The van der Waals surface area contributed by atoms with Gasteiger partial charge in [0.1, 0.15) is 11.6 Å². The van der Waals surface area contributed by atoms with E-state index in [4.69, 9.17) is 0 Å². The van der Waals surface area contributed by atoms with Crippen LogP contribution in [0.25, 0.3) is 5.57 Å². The second-order valence-electron chi connectivity index (χ2n) is 5.08. The summed E-state index contributed by atoms with van der Waals surface area (Å²) in [6.07, 6.45) is 3.28. The van der Waals surface area contributed by atoms with Gasteiger partial charge < -0.3 is 16.0 Å². The van der Waals surface area contributed by atoms with Crippen molar-refractivity contribution in [1.82, 2.24) is 20.6 Å². The van der Waals surface area contributed by atoms with Gasteiger partial charge in [0.25, 0.3) is 0 Å². The highest BCUT2D eigenvalue weighted by Gasteiger charge is 2.16. The molecule has 1 aliphatic rings. The summed E-state index contributed by atoms with van der Waals surface area (Å²) in [6.45, 7) is 4.78. The Bertz CT molecular complexity index is 707. The summed E-state index contributed by atoms with van der Waals surface area (Å²) in [4.78, 5) is 19.4. The Balaban J connectivity index is 2.00. The van der Waals surface area contributed by atoms with E-state index >= 15 is 0 Å². The lowest BCUT2D eigenvalue weighted by molar-refractivity contribution is -0.118. The van der Waals surface area contributed by atoms with E-state index in [2.05, 4.69) is 38.9 Å². The molecule has 7 nitrogen and oxygen atoms in total. The van der Waals surface area contributed by atoms with Crippen LogP contribution in [0.2, 0.25) is 0 Å². The number of rotatable bonds is 7. The maximum absolute atomic E-state index is 10.8. The molecule has 0 radical (unpaired) electrons. The van der Waals surface area contributed by atoms with Crippen molar-refractivity contribution in [2.45, 2.75) is 26.7 Å². The van der Waals surface area contributed by atoms with Crippen molar-refractivity contribution in [2.24, 2.45) is 0 Å². The number of thioether (sulfide) groups is 1. The Kier molecular flexibility index (Phi) is 6.63. The summed E-state index contributed by atoms with van der Waals surface area (Å²) in [5.74, 6) is 0.426. The van der Waals surface area contributed by atoms with E-state index in [1.54, 1.807) is 12.3 Å². The molecule has 2 rings (SSSR count). The van der Waals surface area contributed by atoms with Crippen molar-refractivity contribution in [2.75, 3.05) is 18.4 Å². The third kappa shape index (κ3) is 4.99. The molecule has 1 aliphatic heterocycles. The lowest BCUT2D eigenvalue weighted by atomic mass is 10.2. The number of hydrogen-bond acceptors (Lipinski definition) is 7. The molecule has 0 saturated heterocycles. The fourth-order valence-corrected chi connectivity index (χ4v) is 2.93. The minimum atomic E-state index is -0.0415. The van der Waals surface area contributed by atoms with Gasteiger partial charge in [0.05, 0.1) is 10.7 Å². The summed E-state index contributed by atoms with van der Waals surface area (Å²) in [6, 6.07) is 3.94. The van der Waals surface area contributed by atoms with Gasteiger partial charge in [0, 0.05) is 31.9 Å². The Morgan fingerprint density at radius 2 is 2.29 bits per heavy atom. The predicted octanol–water partition coefficient (Wildman–Crippen LogP) is 2.19. The topological polar surface area (TPSA) is 103 Å². The second kappa shape index (κ2) is 8.93. The number of nitriles is 1. The van der Waals surface area contributed by atoms with Crippen molar-refractivity contribution < 1.29 is 4.79 Å². The molecular weight excluding hydrogens is 324 g/mol. The standard InChI is InChI=1S/C16H20N6OS/c1-3-12-10-24-15(21-12)13(9-17)14-5-8-20-16(22-14)19-7-4-6-18-11(2)23/h5,8,10,21H,3-4,6-7H2,1-2H3,(H,18,23)(H,19,20,22)/b15-13+. The van der Waals surface area contributed by atoms with Crippen molar-refractivity contribution >= 4 is 29.2 Å². The molecule has 0 bridgehead atoms. The molecule has 2 heterocycles. The van der Waals surface area contributed by atoms with Crippen LogP contribution in [-0.4, -0.2) is 29.0 Å². The highest BCUT2D eigenvalue weighted by molar-refractivity contribution is 8.06. The molecule has 0 unspecified atom stereocenters. The molecule has 0 atom stereocenters. The fourth-order valence-electron chi connectivity index (χ4n) is 1.99. The van der Waals surface area contributed by atoms with Gasteiger partial charge >= 0.3 is 0 Å². The Morgan fingerprint density at radius 1 is 1.46 bits per heavy atom. The molecule has 8 heteroatoms. The number of carbonyl (C=O) groups is 1. The van der Waals surface area contributed by atoms with Gasteiger partial charge in [-0.05, 0) is 24.3 Å². The molecule has 24 heavy (non-hydrogen) atoms. The molecule has 1 aromatic heterocycles. The van der Waals surface area contributed by atoms with Crippen molar-refractivity contribution in [3.63, 3.8) is 0 Å². The summed E-state index contributed by atoms with van der Waals surface area (Å²) >= 11 is 1.50. The number of allylic oxidation sites excluding steroid dienone is 2. The first kappa shape index (κ1) is 17.8. The molecule has 0 saturated carbocycles. The van der Waals surface area contributed by atoms with E-state index in [-0.39, 0.29) is 5.91 Å². The quantitative estimate of drug-likeness (QED) is 0.514. The third-order valence-corrected chi connectivity index (χ3v) is 4.18. The first-order valence-corrected chi connectivity index (χ1v) is 8.60. The number of carbonyl (C=O) groups excluding carboxylic acids is 1. The van der Waals surface area contributed by atoms with Crippen LogP contribution < -0.4 is 16.0 Å². The van der Waals surface area contributed by atoms with Crippen molar-refractivity contribution in [3.05, 3.63) is 34.1 Å². The van der Waals surface area contributed by atoms with Crippen LogP contribution in [0.1, 0.15) is 32.4 Å². The Labute approximate surface area is 145 Å². The minimum Gasteiger partial charge on any atom is -0.356 e. The summed E-state index contributed by atoms with van der Waals surface area (Å²) in [5.41, 5.74) is 2.18. The highest BCUT2D eigenvalue weighted by Crippen LogP contribution is 2.31. The SMILES string of the molecule is CCC1=CS/C(=C(\C#N)c2ccnc(NCCCNC(C)=O)n2)N1. The van der Waals surface area contributed by atoms with E-state index < -0.39 is 0 Å². The molecule has 126 valence electrons. The molecule has 3 N–H and O–H groups in total. The molecule has 0 fully saturated rings. The zero-order valence-electron chi connectivity index (χ0n) is 13.7. The zero-order chi connectivity index (χ0) is 17.4. The van der Waals surface area contributed by atoms with E-state index in [9.17, 15) is 10.1 Å². The lowest BCUT2D eigenvalue weighted by Gasteiger charge is -2.08. The summed E-state index contributed by atoms with van der Waals surface area (Å²) < 4.78 is 0. The molecule has 1 aromatic rings. The van der Waals surface area contributed by atoms with Gasteiger partial charge in [0.2, 0.25) is 11.9 Å². The minimum absolute atomic E-state index is 0.0415. The molecule has 0 spiro atoms. The first-order chi connectivity index (χ1) is 11.6. The van der Waals surface area contributed by atoms with Gasteiger partial charge in [-0.15, -0.1) is 0 Å². The third-order valence-electron chi connectivity index (χ3n) is 3.24. The smallest absolute Gasteiger partial charge is 0.223 e. The van der Waals surface area contributed by atoms with Crippen LogP contribution in [0.4, 0.5) is 5.95 Å². The van der Waals surface area contributed by atoms with Crippen LogP contribution in [0.5, 0.6) is 0 Å². The van der Waals surface area contributed by atoms with E-state index in [0.717, 1.165) is 23.6 Å². The zero-order valence-corrected chi connectivity index (χ0v) is 14.5. The highest BCUT2D eigenvalue weighted by atomic mass is 32.2. The molecule has 0 aliphatic carbocycles. The number of amides is 1. The Hall–Kier alpha value is -2.53. The van der Waals surface area contributed by atoms with Crippen LogP contribution in [0.15, 0.2) is 28.4 Å². The van der Waals surface area contributed by atoms with Crippen LogP contribution in [0.3, 0.4) is 0 Å². The number of nitrogens with one attached hydrogen (secondary N) is 3. The fraction of sp³-hybridized carbons (Fsp3) is 0.375. The lowest BCUT2D eigenvalue weighted by Crippen LogP contribution is -2.23. The average Bonchev–Trinajstić information content (AvgIpc) is 3.04. The van der Waals surface area contributed by atoms with Crippen LogP contribution in [-0.2, 0) is 4.79 Å². The van der Waals surface area contributed by atoms with Gasteiger partial charge in [-0.2, -0.15) is 5.26 Å². The van der Waals surface area contributed by atoms with Gasteiger partial charge in [0.15, 0.2) is 0 Å². The maximum atomic E-state index is 10.8. The predicted molar refractivity (Wildman–Crippen MR) is 95.5 cm³/mol. The number of hydrogen-bond donors (Lipinski definition) is 3. The largest absolute Gasteiger partial charge is 0.356 e. The first-order valence-electron chi connectivity index (χ1n) is 7.73. The Morgan fingerprint density at radius 3 is 2.96 bits per heavy atom. The van der Waals surface area contributed by atoms with E-state index in [0.29, 0.717) is 30.3 Å². The van der Waals surface area contributed by atoms with E-state index in [1.165, 1.54) is 18.7 Å². The number of aromatic nitrogens is 2. The van der Waals surface area contributed by atoms with Crippen molar-refractivity contribution in [1.29, 1.82) is 5.26 Å². The summed E-state index contributed by atoms with van der Waals surface area (Å²) in [5, 5.41) is 21.4. The van der Waals surface area contributed by atoms with Crippen LogP contribution >= 0.6 is 11.8 Å². The molecule has 0 aromatic carbocycles. The van der Waals surface area contributed by atoms with Gasteiger partial charge in [-0.3, -0.25) is 4.79 Å². The summed E-state index contributed by atoms with van der Waals surface area (Å²) in [7, 11) is 0. The molecule has 1 amide bonds. The molecular formula is C16H20N6OS. The second-order valence-corrected chi connectivity index (χ2v) is 5.96. The number of anilines is 1. The average molecular weight is 344 g/mol. The van der Waals surface area contributed by atoms with E-state index in [1.807, 2.05) is 5.41 Å². The number of nitrogens with zero attached hydrogens (tertiary/aromatic N) is 3. The van der Waals surface area contributed by atoms with Gasteiger partial charge in [-0.25, -0.2) is 9.97 Å². The monoisotopic (exact) mass is 344 g/mol. The normalized spacial score (nSPS) is 15.1. The van der Waals surface area contributed by atoms with Crippen LogP contribution in [0, 0.1) is 11.3 Å². The van der Waals surface area contributed by atoms with Crippen molar-refractivity contribution in [3.8, 4) is 6.07 Å². The van der Waals surface area contributed by atoms with Gasteiger partial charge in [-0.1, -0.05) is 18.7 Å². The maximum Gasteiger partial charge on any atom is 0.223 e.